The zero-order chi connectivity index (χ0) is 14.7. The largest absolute Gasteiger partial charge is 0.481 e. The molecule has 0 aliphatic carbocycles. The molecule has 1 heterocycles. The van der Waals surface area contributed by atoms with Crippen LogP contribution in [0.15, 0.2) is 30.3 Å². The summed E-state index contributed by atoms with van der Waals surface area (Å²) in [6.07, 6.45) is -0.0237. The molecule has 1 aliphatic rings. The summed E-state index contributed by atoms with van der Waals surface area (Å²) >= 11 is 0. The van der Waals surface area contributed by atoms with E-state index in [4.69, 9.17) is 5.11 Å². The summed E-state index contributed by atoms with van der Waals surface area (Å²) in [6.45, 7) is 3.29. The Hall–Kier alpha value is -1.88. The van der Waals surface area contributed by atoms with Crippen molar-refractivity contribution < 1.29 is 14.7 Å². The average Bonchev–Trinajstić information content (AvgIpc) is 2.44. The van der Waals surface area contributed by atoms with E-state index in [0.29, 0.717) is 12.1 Å². The fourth-order valence-corrected chi connectivity index (χ4v) is 2.65. The number of rotatable bonds is 3. The Morgan fingerprint density at radius 1 is 1.25 bits per heavy atom. The summed E-state index contributed by atoms with van der Waals surface area (Å²) in [5, 5.41) is 9.08. The minimum absolute atomic E-state index is 0.0237. The maximum Gasteiger partial charge on any atom is 0.305 e. The van der Waals surface area contributed by atoms with Gasteiger partial charge in [-0.3, -0.25) is 14.5 Å². The van der Waals surface area contributed by atoms with Crippen molar-refractivity contribution in [3.05, 3.63) is 35.9 Å². The Balaban J connectivity index is 2.23. The molecular weight excluding hydrogens is 256 g/mol. The number of amides is 1. The van der Waals surface area contributed by atoms with Gasteiger partial charge in [-0.25, -0.2) is 0 Å². The van der Waals surface area contributed by atoms with Crippen LogP contribution in [0.25, 0.3) is 0 Å². The predicted octanol–water partition coefficient (Wildman–Crippen LogP) is 1.31. The highest BCUT2D eigenvalue weighted by Crippen LogP contribution is 2.21. The zero-order valence-electron chi connectivity index (χ0n) is 11.8. The molecule has 0 radical (unpaired) electrons. The molecule has 108 valence electrons. The third-order valence-corrected chi connectivity index (χ3v) is 4.01. The van der Waals surface area contributed by atoms with E-state index in [-0.39, 0.29) is 24.4 Å². The number of hydrogen-bond acceptors (Lipinski definition) is 3. The molecule has 1 N–H and O–H groups in total. The standard InChI is InChI=1S/C15H20N2O3/c1-11-13(10-14(18)19)17(9-8-16(11)2)15(20)12-6-4-3-5-7-12/h3-7,11,13H,8-10H2,1-2H3,(H,18,19)/t11-,13+/m1/s1. The number of piperazine rings is 1. The third kappa shape index (κ3) is 2.99. The second kappa shape index (κ2) is 6.05. The van der Waals surface area contributed by atoms with E-state index in [1.165, 1.54) is 0 Å². The SMILES string of the molecule is C[C@@H]1[C@H](CC(=O)O)N(C(=O)c2ccccc2)CCN1C. The Labute approximate surface area is 118 Å². The van der Waals surface area contributed by atoms with Gasteiger partial charge in [-0.1, -0.05) is 18.2 Å². The van der Waals surface area contributed by atoms with Crippen LogP contribution in [0.1, 0.15) is 23.7 Å². The van der Waals surface area contributed by atoms with Gasteiger partial charge < -0.3 is 10.0 Å². The van der Waals surface area contributed by atoms with Gasteiger partial charge in [0.15, 0.2) is 0 Å². The van der Waals surface area contributed by atoms with Crippen LogP contribution in [-0.2, 0) is 4.79 Å². The molecule has 1 aromatic carbocycles. The number of carboxylic acid groups (broad SMARTS) is 1. The smallest absolute Gasteiger partial charge is 0.305 e. The van der Waals surface area contributed by atoms with Crippen molar-refractivity contribution in [2.75, 3.05) is 20.1 Å². The van der Waals surface area contributed by atoms with Crippen LogP contribution >= 0.6 is 0 Å². The van der Waals surface area contributed by atoms with Crippen LogP contribution in [0, 0.1) is 0 Å². The summed E-state index contributed by atoms with van der Waals surface area (Å²) in [5.74, 6) is -0.959. The van der Waals surface area contributed by atoms with Gasteiger partial charge in [0, 0.05) is 24.7 Å². The van der Waals surface area contributed by atoms with Crippen molar-refractivity contribution in [1.29, 1.82) is 0 Å². The van der Waals surface area contributed by atoms with Crippen LogP contribution in [0.4, 0.5) is 0 Å². The second-order valence-corrected chi connectivity index (χ2v) is 5.25. The fourth-order valence-electron chi connectivity index (χ4n) is 2.65. The van der Waals surface area contributed by atoms with E-state index in [2.05, 4.69) is 4.90 Å². The first-order chi connectivity index (χ1) is 9.50. The van der Waals surface area contributed by atoms with Crippen molar-refractivity contribution in [3.8, 4) is 0 Å². The summed E-state index contributed by atoms with van der Waals surface area (Å²) in [6, 6.07) is 8.77. The molecule has 0 aromatic heterocycles. The van der Waals surface area contributed by atoms with Crippen LogP contribution in [-0.4, -0.2) is 59.0 Å². The summed E-state index contributed by atoms with van der Waals surface area (Å²) in [7, 11) is 1.96. The summed E-state index contributed by atoms with van der Waals surface area (Å²) < 4.78 is 0. The number of likely N-dealkylation sites (N-methyl/N-ethyl adjacent to an activating group) is 1. The normalized spacial score (nSPS) is 23.6. The molecule has 2 atom stereocenters. The van der Waals surface area contributed by atoms with E-state index in [1.807, 2.05) is 32.2 Å². The van der Waals surface area contributed by atoms with E-state index in [1.54, 1.807) is 17.0 Å². The van der Waals surface area contributed by atoms with E-state index in [9.17, 15) is 9.59 Å². The lowest BCUT2D eigenvalue weighted by molar-refractivity contribution is -0.139. The Bertz CT molecular complexity index is 489. The van der Waals surface area contributed by atoms with Crippen LogP contribution < -0.4 is 0 Å². The lowest BCUT2D eigenvalue weighted by Crippen LogP contribution is -2.59. The van der Waals surface area contributed by atoms with Crippen LogP contribution in [0.2, 0.25) is 0 Å². The summed E-state index contributed by atoms with van der Waals surface area (Å²) in [4.78, 5) is 27.4. The van der Waals surface area contributed by atoms with Crippen molar-refractivity contribution >= 4 is 11.9 Å². The predicted molar refractivity (Wildman–Crippen MR) is 75.6 cm³/mol. The number of carbonyl (C=O) groups is 2. The number of aliphatic carboxylic acids is 1. The molecule has 1 amide bonds. The van der Waals surface area contributed by atoms with E-state index < -0.39 is 5.97 Å². The molecule has 20 heavy (non-hydrogen) atoms. The molecule has 0 bridgehead atoms. The lowest BCUT2D eigenvalue weighted by atomic mass is 9.99. The van der Waals surface area contributed by atoms with E-state index >= 15 is 0 Å². The molecule has 5 nitrogen and oxygen atoms in total. The monoisotopic (exact) mass is 276 g/mol. The number of carboxylic acids is 1. The van der Waals surface area contributed by atoms with Gasteiger partial charge in [0.2, 0.25) is 0 Å². The minimum atomic E-state index is -0.872. The van der Waals surface area contributed by atoms with Gasteiger partial charge in [-0.05, 0) is 26.1 Å². The molecule has 1 saturated heterocycles. The van der Waals surface area contributed by atoms with Gasteiger partial charge >= 0.3 is 5.97 Å². The molecule has 2 rings (SSSR count). The first-order valence-corrected chi connectivity index (χ1v) is 6.78. The number of hydrogen-bond donors (Lipinski definition) is 1. The second-order valence-electron chi connectivity index (χ2n) is 5.25. The lowest BCUT2D eigenvalue weighted by Gasteiger charge is -2.44. The first-order valence-electron chi connectivity index (χ1n) is 6.78. The molecule has 0 saturated carbocycles. The quantitative estimate of drug-likeness (QED) is 0.904. The molecule has 0 spiro atoms. The molecule has 1 fully saturated rings. The Morgan fingerprint density at radius 2 is 1.90 bits per heavy atom. The minimum Gasteiger partial charge on any atom is -0.481 e. The van der Waals surface area contributed by atoms with Gasteiger partial charge in [0.25, 0.3) is 5.91 Å². The maximum atomic E-state index is 12.6. The number of benzene rings is 1. The summed E-state index contributed by atoms with van der Waals surface area (Å²) in [5.41, 5.74) is 0.611. The number of nitrogens with zero attached hydrogens (tertiary/aromatic N) is 2. The topological polar surface area (TPSA) is 60.9 Å². The van der Waals surface area contributed by atoms with Gasteiger partial charge in [0.1, 0.15) is 0 Å². The van der Waals surface area contributed by atoms with Crippen molar-refractivity contribution in [3.63, 3.8) is 0 Å². The highest BCUT2D eigenvalue weighted by atomic mass is 16.4. The highest BCUT2D eigenvalue weighted by Gasteiger charge is 2.36. The van der Waals surface area contributed by atoms with Crippen LogP contribution in [0.5, 0.6) is 0 Å². The van der Waals surface area contributed by atoms with Gasteiger partial charge in [0.05, 0.1) is 12.5 Å². The first kappa shape index (κ1) is 14.5. The van der Waals surface area contributed by atoms with Crippen molar-refractivity contribution in [1.82, 2.24) is 9.80 Å². The van der Waals surface area contributed by atoms with Gasteiger partial charge in [-0.2, -0.15) is 0 Å². The van der Waals surface area contributed by atoms with Crippen molar-refractivity contribution in [2.45, 2.75) is 25.4 Å². The molecule has 5 heteroatoms. The molecule has 1 aromatic rings. The zero-order valence-corrected chi connectivity index (χ0v) is 11.8. The van der Waals surface area contributed by atoms with Crippen molar-refractivity contribution in [2.24, 2.45) is 0 Å². The average molecular weight is 276 g/mol. The molecule has 1 aliphatic heterocycles. The number of carbonyl (C=O) groups excluding carboxylic acids is 1. The Morgan fingerprint density at radius 3 is 2.50 bits per heavy atom. The van der Waals surface area contributed by atoms with Crippen LogP contribution in [0.3, 0.4) is 0 Å². The van der Waals surface area contributed by atoms with Gasteiger partial charge in [-0.15, -0.1) is 0 Å². The fraction of sp³-hybridized carbons (Fsp3) is 0.467. The Kier molecular flexibility index (Phi) is 4.39. The molecule has 0 unspecified atom stereocenters. The molecular formula is C15H20N2O3. The maximum absolute atomic E-state index is 12.6. The van der Waals surface area contributed by atoms with E-state index in [0.717, 1.165) is 6.54 Å². The third-order valence-electron chi connectivity index (χ3n) is 4.01. The highest BCUT2D eigenvalue weighted by molar-refractivity contribution is 5.94.